The van der Waals surface area contributed by atoms with Crippen molar-refractivity contribution < 1.29 is 13.2 Å². The molecular weight excluding hydrogens is 390 g/mol. The largest absolute Gasteiger partial charge is 0.379 e. The fraction of sp³-hybridized carbons (Fsp3) is 0.650. The highest BCUT2D eigenvalue weighted by Crippen LogP contribution is 2.33. The highest BCUT2D eigenvalue weighted by Gasteiger charge is 2.38. The predicted molar refractivity (Wildman–Crippen MR) is 114 cm³/mol. The lowest BCUT2D eigenvalue weighted by molar-refractivity contribution is -0.0352. The first kappa shape index (κ1) is 22.0. The maximum atomic E-state index is 11.6. The Hall–Kier alpha value is -1.68. The van der Waals surface area contributed by atoms with E-state index in [1.807, 2.05) is 6.07 Å². The molecule has 1 aliphatic heterocycles. The minimum atomic E-state index is -3.70. The van der Waals surface area contributed by atoms with Gasteiger partial charge in [0.05, 0.1) is 18.1 Å². The first-order valence-corrected chi connectivity index (χ1v) is 11.9. The van der Waals surface area contributed by atoms with E-state index < -0.39 is 10.0 Å². The number of morpholine rings is 1. The Morgan fingerprint density at radius 2 is 1.93 bits per heavy atom. The number of hydrogen-bond donors (Lipinski definition) is 3. The maximum Gasteiger partial charge on any atom is 0.238 e. The molecule has 2 aliphatic rings. The van der Waals surface area contributed by atoms with Crippen molar-refractivity contribution >= 4 is 16.0 Å². The third-order valence-corrected chi connectivity index (χ3v) is 6.87. The van der Waals surface area contributed by atoms with Crippen LogP contribution in [0.15, 0.2) is 34.2 Å². The highest BCUT2D eigenvalue weighted by molar-refractivity contribution is 7.89. The van der Waals surface area contributed by atoms with E-state index in [9.17, 15) is 8.42 Å². The van der Waals surface area contributed by atoms with Crippen LogP contribution in [-0.2, 0) is 21.3 Å². The maximum absolute atomic E-state index is 11.6. The molecule has 0 radical (unpaired) electrons. The van der Waals surface area contributed by atoms with E-state index >= 15 is 0 Å². The van der Waals surface area contributed by atoms with Crippen LogP contribution in [0.2, 0.25) is 0 Å². The summed E-state index contributed by atoms with van der Waals surface area (Å²) >= 11 is 0. The van der Waals surface area contributed by atoms with Crippen molar-refractivity contribution in [3.8, 4) is 0 Å². The number of hydrogen-bond acceptors (Lipinski definition) is 5. The minimum Gasteiger partial charge on any atom is -0.379 e. The Bertz CT molecular complexity index is 800. The number of nitrogens with two attached hydrogens (primary N) is 1. The quantitative estimate of drug-likeness (QED) is 0.466. The van der Waals surface area contributed by atoms with Gasteiger partial charge in [-0.3, -0.25) is 9.89 Å². The third-order valence-electron chi connectivity index (χ3n) is 5.96. The molecule has 1 aliphatic carbocycles. The average molecular weight is 424 g/mol. The van der Waals surface area contributed by atoms with Crippen LogP contribution in [0.4, 0.5) is 0 Å². The van der Waals surface area contributed by atoms with E-state index in [2.05, 4.69) is 20.5 Å². The van der Waals surface area contributed by atoms with Gasteiger partial charge in [-0.1, -0.05) is 31.4 Å². The van der Waals surface area contributed by atoms with Crippen LogP contribution in [0, 0.1) is 0 Å². The number of aliphatic imine (C=N–C) groups is 1. The summed E-state index contributed by atoms with van der Waals surface area (Å²) in [5.41, 5.74) is 0.979. The Kier molecular flexibility index (Phi) is 7.50. The molecule has 0 atom stereocenters. The highest BCUT2D eigenvalue weighted by atomic mass is 32.2. The first-order chi connectivity index (χ1) is 13.9. The molecule has 1 saturated carbocycles. The molecular formula is C20H33N5O3S. The zero-order valence-corrected chi connectivity index (χ0v) is 18.0. The molecule has 29 heavy (non-hydrogen) atoms. The van der Waals surface area contributed by atoms with Gasteiger partial charge in [-0.05, 0) is 30.5 Å². The molecule has 4 N–H and O–H groups in total. The number of benzene rings is 1. The van der Waals surface area contributed by atoms with Gasteiger partial charge in [0, 0.05) is 38.8 Å². The molecule has 162 valence electrons. The minimum absolute atomic E-state index is 0.119. The smallest absolute Gasteiger partial charge is 0.238 e. The number of guanidine groups is 1. The summed E-state index contributed by atoms with van der Waals surface area (Å²) in [6.45, 7) is 4.86. The zero-order valence-electron chi connectivity index (χ0n) is 17.2. The standard InChI is InChI=1S/C20H33N5O3S/c1-22-19(23-15-17-6-5-7-18(14-17)29(21,26)27)24-16-20(8-3-2-4-9-20)25-10-12-28-13-11-25/h5-7,14H,2-4,8-13,15-16H2,1H3,(H2,21,26,27)(H2,22,23,24). The van der Waals surface area contributed by atoms with Crippen LogP contribution in [0.5, 0.6) is 0 Å². The molecule has 1 aromatic carbocycles. The summed E-state index contributed by atoms with van der Waals surface area (Å²) in [4.78, 5) is 7.05. The number of nitrogens with one attached hydrogen (secondary N) is 2. The average Bonchev–Trinajstić information content (AvgIpc) is 2.75. The summed E-state index contributed by atoms with van der Waals surface area (Å²) in [5, 5.41) is 12.0. The Labute approximate surface area is 173 Å². The van der Waals surface area contributed by atoms with Gasteiger partial charge in [-0.15, -0.1) is 0 Å². The van der Waals surface area contributed by atoms with Gasteiger partial charge in [-0.2, -0.15) is 0 Å². The fourth-order valence-electron chi connectivity index (χ4n) is 4.34. The molecule has 3 rings (SSSR count). The van der Waals surface area contributed by atoms with Crippen LogP contribution < -0.4 is 15.8 Å². The summed E-state index contributed by atoms with van der Waals surface area (Å²) in [6, 6.07) is 6.65. The molecule has 0 aromatic heterocycles. The van der Waals surface area contributed by atoms with Gasteiger partial charge >= 0.3 is 0 Å². The SMILES string of the molecule is CN=C(NCc1cccc(S(N)(=O)=O)c1)NCC1(N2CCOCC2)CCCCC1. The fourth-order valence-corrected chi connectivity index (χ4v) is 4.92. The van der Waals surface area contributed by atoms with Gasteiger partial charge < -0.3 is 15.4 Å². The molecule has 0 bridgehead atoms. The van der Waals surface area contributed by atoms with Crippen molar-refractivity contribution in [2.75, 3.05) is 39.9 Å². The van der Waals surface area contributed by atoms with Crippen LogP contribution in [0.1, 0.15) is 37.7 Å². The number of rotatable bonds is 6. The van der Waals surface area contributed by atoms with Crippen molar-refractivity contribution in [2.45, 2.75) is 49.1 Å². The second-order valence-electron chi connectivity index (χ2n) is 7.86. The van der Waals surface area contributed by atoms with Gasteiger partial charge in [0.15, 0.2) is 5.96 Å². The van der Waals surface area contributed by atoms with Gasteiger partial charge in [0.25, 0.3) is 0 Å². The van der Waals surface area contributed by atoms with Gasteiger partial charge in [-0.25, -0.2) is 13.6 Å². The van der Waals surface area contributed by atoms with E-state index in [4.69, 9.17) is 9.88 Å². The van der Waals surface area contributed by atoms with E-state index in [-0.39, 0.29) is 10.4 Å². The van der Waals surface area contributed by atoms with E-state index in [1.54, 1.807) is 19.2 Å². The predicted octanol–water partition coefficient (Wildman–Crippen LogP) is 1.03. The van der Waals surface area contributed by atoms with Crippen molar-refractivity contribution in [2.24, 2.45) is 10.1 Å². The Morgan fingerprint density at radius 3 is 2.59 bits per heavy atom. The molecule has 1 heterocycles. The van der Waals surface area contributed by atoms with Crippen LogP contribution >= 0.6 is 0 Å². The van der Waals surface area contributed by atoms with Gasteiger partial charge in [0.2, 0.25) is 10.0 Å². The van der Waals surface area contributed by atoms with Gasteiger partial charge in [0.1, 0.15) is 0 Å². The van der Waals surface area contributed by atoms with Crippen LogP contribution in [0.3, 0.4) is 0 Å². The van der Waals surface area contributed by atoms with Crippen molar-refractivity contribution in [3.63, 3.8) is 0 Å². The van der Waals surface area contributed by atoms with Crippen molar-refractivity contribution in [3.05, 3.63) is 29.8 Å². The number of nitrogens with zero attached hydrogens (tertiary/aromatic N) is 2. The molecule has 1 saturated heterocycles. The second kappa shape index (κ2) is 9.88. The van der Waals surface area contributed by atoms with Crippen LogP contribution in [0.25, 0.3) is 0 Å². The third kappa shape index (κ3) is 5.91. The summed E-state index contributed by atoms with van der Waals surface area (Å²) in [6.07, 6.45) is 6.19. The number of primary sulfonamides is 1. The topological polar surface area (TPSA) is 109 Å². The van der Waals surface area contributed by atoms with Crippen molar-refractivity contribution in [1.29, 1.82) is 0 Å². The summed E-state index contributed by atoms with van der Waals surface area (Å²) in [5.74, 6) is 0.712. The molecule has 1 aromatic rings. The summed E-state index contributed by atoms with van der Waals surface area (Å²) in [7, 11) is -1.96. The van der Waals surface area contributed by atoms with E-state index in [0.717, 1.165) is 38.4 Å². The molecule has 0 amide bonds. The lowest BCUT2D eigenvalue weighted by atomic mass is 9.80. The number of ether oxygens (including phenoxy) is 1. The monoisotopic (exact) mass is 423 g/mol. The second-order valence-corrected chi connectivity index (χ2v) is 9.42. The molecule has 0 unspecified atom stereocenters. The Balaban J connectivity index is 1.60. The van der Waals surface area contributed by atoms with Crippen molar-refractivity contribution in [1.82, 2.24) is 15.5 Å². The molecule has 0 spiro atoms. The Morgan fingerprint density at radius 1 is 1.21 bits per heavy atom. The molecule has 8 nitrogen and oxygen atoms in total. The first-order valence-electron chi connectivity index (χ1n) is 10.3. The van der Waals surface area contributed by atoms with Crippen LogP contribution in [-0.4, -0.2) is 64.7 Å². The van der Waals surface area contributed by atoms with E-state index in [1.165, 1.54) is 38.2 Å². The zero-order chi connectivity index (χ0) is 20.7. The lowest BCUT2D eigenvalue weighted by Gasteiger charge is -2.48. The number of sulfonamides is 1. The molecule has 9 heteroatoms. The summed E-state index contributed by atoms with van der Waals surface area (Å²) < 4.78 is 28.7. The molecule has 2 fully saturated rings. The van der Waals surface area contributed by atoms with E-state index in [0.29, 0.717) is 12.5 Å². The normalized spacial score (nSPS) is 21.0. The lowest BCUT2D eigenvalue weighted by Crippen LogP contribution is -2.60.